The minimum absolute atomic E-state index is 0.0537. The van der Waals surface area contributed by atoms with Gasteiger partial charge in [0.25, 0.3) is 5.69 Å². The predicted octanol–water partition coefficient (Wildman–Crippen LogP) is 1.50. The van der Waals surface area contributed by atoms with Gasteiger partial charge >= 0.3 is 0 Å². The Kier molecular flexibility index (Phi) is 4.23. The number of nitrogens with zero attached hydrogens (tertiary/aromatic N) is 4. The van der Waals surface area contributed by atoms with Crippen LogP contribution >= 0.6 is 15.9 Å². The van der Waals surface area contributed by atoms with Crippen LogP contribution in [0.4, 0.5) is 5.69 Å². The molecule has 8 heteroatoms. The van der Waals surface area contributed by atoms with Crippen molar-refractivity contribution < 1.29 is 4.92 Å². The monoisotopic (exact) mass is 325 g/mol. The molecule has 1 heterocycles. The van der Waals surface area contributed by atoms with Crippen molar-refractivity contribution in [1.82, 2.24) is 15.0 Å². The van der Waals surface area contributed by atoms with Gasteiger partial charge in [-0.2, -0.15) is 0 Å². The topological polar surface area (TPSA) is 99.9 Å². The Bertz CT molecular complexity index is 599. The van der Waals surface area contributed by atoms with Crippen molar-refractivity contribution >= 4 is 21.6 Å². The van der Waals surface area contributed by atoms with Crippen molar-refractivity contribution in [1.29, 1.82) is 0 Å². The van der Waals surface area contributed by atoms with Crippen molar-refractivity contribution in [3.63, 3.8) is 0 Å². The standard InChI is InChI=1S/C11H12BrN5O2/c12-11-5-10(17(18)19)2-1-8(11)6-16-7-9(3-4-13)14-15-16/h1-2,5,7H,3-4,6,13H2. The number of hydrogen-bond donors (Lipinski definition) is 1. The maximum atomic E-state index is 10.6. The van der Waals surface area contributed by atoms with Crippen molar-refractivity contribution in [3.8, 4) is 0 Å². The molecule has 0 spiro atoms. The summed E-state index contributed by atoms with van der Waals surface area (Å²) < 4.78 is 2.36. The Morgan fingerprint density at radius 3 is 2.89 bits per heavy atom. The van der Waals surface area contributed by atoms with E-state index in [1.165, 1.54) is 12.1 Å². The second-order valence-electron chi connectivity index (χ2n) is 3.98. The summed E-state index contributed by atoms with van der Waals surface area (Å²) in [5, 5.41) is 18.6. The average molecular weight is 326 g/mol. The van der Waals surface area contributed by atoms with E-state index in [-0.39, 0.29) is 5.69 Å². The van der Waals surface area contributed by atoms with Crippen LogP contribution in [0, 0.1) is 10.1 Å². The third kappa shape index (κ3) is 3.36. The summed E-state index contributed by atoms with van der Waals surface area (Å²) in [5.41, 5.74) is 7.23. The summed E-state index contributed by atoms with van der Waals surface area (Å²) in [6, 6.07) is 4.65. The fraction of sp³-hybridized carbons (Fsp3) is 0.273. The first-order valence-electron chi connectivity index (χ1n) is 5.62. The summed E-state index contributed by atoms with van der Waals surface area (Å²) in [6.07, 6.45) is 2.50. The van der Waals surface area contributed by atoms with E-state index in [1.807, 2.05) is 6.20 Å². The van der Waals surface area contributed by atoms with Gasteiger partial charge in [0.05, 0.1) is 17.2 Å². The van der Waals surface area contributed by atoms with E-state index in [4.69, 9.17) is 5.73 Å². The molecule has 0 atom stereocenters. The van der Waals surface area contributed by atoms with E-state index in [0.717, 1.165) is 11.3 Å². The van der Waals surface area contributed by atoms with E-state index in [2.05, 4.69) is 26.2 Å². The molecule has 0 fully saturated rings. The van der Waals surface area contributed by atoms with E-state index < -0.39 is 4.92 Å². The van der Waals surface area contributed by atoms with Crippen LogP contribution in [-0.4, -0.2) is 26.5 Å². The zero-order valence-electron chi connectivity index (χ0n) is 9.99. The molecule has 2 rings (SSSR count). The zero-order chi connectivity index (χ0) is 13.8. The molecule has 0 bridgehead atoms. The van der Waals surface area contributed by atoms with Crippen LogP contribution < -0.4 is 5.73 Å². The summed E-state index contributed by atoms with van der Waals surface area (Å²) >= 11 is 3.32. The quantitative estimate of drug-likeness (QED) is 0.663. The summed E-state index contributed by atoms with van der Waals surface area (Å²) in [5.74, 6) is 0. The number of rotatable bonds is 5. The van der Waals surface area contributed by atoms with Gasteiger partial charge in [-0.15, -0.1) is 5.10 Å². The van der Waals surface area contributed by atoms with Gasteiger partial charge in [0, 0.05) is 29.2 Å². The molecule has 19 heavy (non-hydrogen) atoms. The largest absolute Gasteiger partial charge is 0.330 e. The third-order valence-corrected chi connectivity index (χ3v) is 3.30. The maximum absolute atomic E-state index is 10.6. The van der Waals surface area contributed by atoms with Crippen molar-refractivity contribution in [2.45, 2.75) is 13.0 Å². The minimum atomic E-state index is -0.427. The summed E-state index contributed by atoms with van der Waals surface area (Å²) in [4.78, 5) is 10.2. The number of non-ortho nitro benzene ring substituents is 1. The van der Waals surface area contributed by atoms with E-state index in [1.54, 1.807) is 10.7 Å². The highest BCUT2D eigenvalue weighted by molar-refractivity contribution is 9.10. The Hall–Kier alpha value is -1.80. The Morgan fingerprint density at radius 2 is 2.26 bits per heavy atom. The fourth-order valence-electron chi connectivity index (χ4n) is 1.63. The minimum Gasteiger partial charge on any atom is -0.330 e. The number of nitrogens with two attached hydrogens (primary N) is 1. The molecular weight excluding hydrogens is 314 g/mol. The molecular formula is C11H12BrN5O2. The number of hydrogen-bond acceptors (Lipinski definition) is 5. The van der Waals surface area contributed by atoms with Gasteiger partial charge in [0.1, 0.15) is 0 Å². The van der Waals surface area contributed by atoms with Crippen molar-refractivity contribution in [2.75, 3.05) is 6.54 Å². The fourth-order valence-corrected chi connectivity index (χ4v) is 2.12. The molecule has 1 aromatic carbocycles. The first-order chi connectivity index (χ1) is 9.10. The number of aromatic nitrogens is 3. The van der Waals surface area contributed by atoms with Gasteiger partial charge in [0.15, 0.2) is 0 Å². The van der Waals surface area contributed by atoms with Crippen LogP contribution in [0.15, 0.2) is 28.9 Å². The van der Waals surface area contributed by atoms with E-state index >= 15 is 0 Å². The predicted molar refractivity (Wildman–Crippen MR) is 72.7 cm³/mol. The van der Waals surface area contributed by atoms with E-state index in [0.29, 0.717) is 24.0 Å². The van der Waals surface area contributed by atoms with Crippen molar-refractivity contribution in [2.24, 2.45) is 5.73 Å². The van der Waals surface area contributed by atoms with E-state index in [9.17, 15) is 10.1 Å². The lowest BCUT2D eigenvalue weighted by molar-refractivity contribution is -0.384. The average Bonchev–Trinajstić information content (AvgIpc) is 2.79. The molecule has 0 amide bonds. The molecule has 0 saturated carbocycles. The van der Waals surface area contributed by atoms with Crippen molar-refractivity contribution in [3.05, 3.63) is 50.2 Å². The van der Waals surface area contributed by atoms with Gasteiger partial charge < -0.3 is 5.73 Å². The van der Waals surface area contributed by atoms with Gasteiger partial charge in [-0.3, -0.25) is 10.1 Å². The first-order valence-corrected chi connectivity index (χ1v) is 6.41. The lowest BCUT2D eigenvalue weighted by atomic mass is 10.2. The highest BCUT2D eigenvalue weighted by atomic mass is 79.9. The summed E-state index contributed by atoms with van der Waals surface area (Å²) in [7, 11) is 0. The normalized spacial score (nSPS) is 10.6. The van der Waals surface area contributed by atoms with Crippen LogP contribution in [0.3, 0.4) is 0 Å². The molecule has 0 aliphatic rings. The molecule has 0 unspecified atom stereocenters. The Labute approximate surface area is 117 Å². The molecule has 0 aliphatic heterocycles. The number of nitro groups is 1. The van der Waals surface area contributed by atoms with Crippen LogP contribution in [0.25, 0.3) is 0 Å². The first kappa shape index (κ1) is 13.6. The number of halogens is 1. The second kappa shape index (κ2) is 5.89. The van der Waals surface area contributed by atoms with Gasteiger partial charge in [-0.1, -0.05) is 21.1 Å². The number of nitro benzene ring substituents is 1. The number of benzene rings is 1. The maximum Gasteiger partial charge on any atom is 0.270 e. The smallest absolute Gasteiger partial charge is 0.270 e. The van der Waals surface area contributed by atoms with Gasteiger partial charge in [-0.05, 0) is 18.2 Å². The van der Waals surface area contributed by atoms with Crippen LogP contribution in [0.2, 0.25) is 0 Å². The lowest BCUT2D eigenvalue weighted by Crippen LogP contribution is -2.03. The SMILES string of the molecule is NCCc1cn(Cc2ccc([N+](=O)[O-])cc2Br)nn1. The Balaban J connectivity index is 2.16. The highest BCUT2D eigenvalue weighted by Crippen LogP contribution is 2.23. The molecule has 0 aliphatic carbocycles. The second-order valence-corrected chi connectivity index (χ2v) is 4.83. The molecule has 0 radical (unpaired) electrons. The zero-order valence-corrected chi connectivity index (χ0v) is 11.6. The molecule has 2 N–H and O–H groups in total. The molecule has 100 valence electrons. The van der Waals surface area contributed by atoms with Crippen LogP contribution in [-0.2, 0) is 13.0 Å². The molecule has 7 nitrogen and oxygen atoms in total. The molecule has 2 aromatic rings. The van der Waals surface area contributed by atoms with Gasteiger partial charge in [0.2, 0.25) is 0 Å². The molecule has 0 saturated heterocycles. The molecule has 1 aromatic heterocycles. The lowest BCUT2D eigenvalue weighted by Gasteiger charge is -2.03. The summed E-state index contributed by atoms with van der Waals surface area (Å²) in [6.45, 7) is 1.02. The highest BCUT2D eigenvalue weighted by Gasteiger charge is 2.10. The Morgan fingerprint density at radius 1 is 1.47 bits per heavy atom. The van der Waals surface area contributed by atoms with Gasteiger partial charge in [-0.25, -0.2) is 4.68 Å². The van der Waals surface area contributed by atoms with Crippen LogP contribution in [0.5, 0.6) is 0 Å². The third-order valence-electron chi connectivity index (χ3n) is 2.57. The van der Waals surface area contributed by atoms with Crippen LogP contribution in [0.1, 0.15) is 11.3 Å².